The zero-order valence-electron chi connectivity index (χ0n) is 42.7. The molecule has 7 rings (SSSR count). The Morgan fingerprint density at radius 2 is 1.64 bits per heavy atom. The third kappa shape index (κ3) is 12.3. The van der Waals surface area contributed by atoms with E-state index in [1.54, 1.807) is 35.0 Å². The van der Waals surface area contributed by atoms with Crippen LogP contribution in [0.25, 0.3) is 10.4 Å². The van der Waals surface area contributed by atoms with Crippen molar-refractivity contribution in [1.82, 2.24) is 40.9 Å². The minimum atomic E-state index is -4.73. The summed E-state index contributed by atoms with van der Waals surface area (Å²) in [7, 11) is 0. The molecule has 2 aromatic carbocycles. The monoisotopic (exact) mass is 1030 g/mol. The van der Waals surface area contributed by atoms with Crippen LogP contribution in [-0.2, 0) is 25.3 Å². The van der Waals surface area contributed by atoms with Crippen molar-refractivity contribution in [2.45, 2.75) is 111 Å². The number of aryl methyl sites for hydroxylation is 1. The molecule has 4 heterocycles. The lowest BCUT2D eigenvalue weighted by Gasteiger charge is -2.63. The Kier molecular flexibility index (Phi) is 16.2. The standard InChI is InChI=1S/C52H65F3N10O7S/c1-30(32-10-12-33(13-11-32)42-31(2)57-29-73-42)58-45(69)39-24-35(66)27-65(39)46(70)43(49(3,4)5)59-41(67)28-71-23-22-63-18-20-64(21-19-63)40-17-16-38(61-62-40)44(68)60-47-50(6,7)48(51(47,8)9)72-36-15-14-34(26-56)37(25-36)52(53,54)55/h10-17,25,29-30,35,39,43,47-48,66H,18-24,27-28H2,1-9H3,(H,58,69)(H,59,67)(H,60,68)/t30-,35+,39-,43+,47?,48?/m0/s1. The summed E-state index contributed by atoms with van der Waals surface area (Å²) in [6, 6.07) is 13.3. The van der Waals surface area contributed by atoms with Crippen molar-refractivity contribution in [1.29, 1.82) is 5.26 Å². The summed E-state index contributed by atoms with van der Waals surface area (Å²) >= 11 is 1.56. The quantitative estimate of drug-likeness (QED) is 0.0961. The summed E-state index contributed by atoms with van der Waals surface area (Å²) in [4.78, 5) is 65.5. The van der Waals surface area contributed by atoms with E-state index in [9.17, 15) is 42.7 Å². The lowest BCUT2D eigenvalue weighted by Crippen LogP contribution is -2.74. The number of nitriles is 1. The second-order valence-corrected chi connectivity index (χ2v) is 22.3. The molecule has 0 unspecified atom stereocenters. The molecule has 0 radical (unpaired) electrons. The van der Waals surface area contributed by atoms with Crippen molar-refractivity contribution >= 4 is 40.8 Å². The number of hydrogen-bond acceptors (Lipinski definition) is 14. The lowest BCUT2D eigenvalue weighted by atomic mass is 9.49. The van der Waals surface area contributed by atoms with E-state index in [0.29, 0.717) is 38.5 Å². The van der Waals surface area contributed by atoms with E-state index in [1.165, 1.54) is 11.0 Å². The van der Waals surface area contributed by atoms with Crippen LogP contribution >= 0.6 is 11.3 Å². The third-order valence-electron chi connectivity index (χ3n) is 14.2. The average Bonchev–Trinajstić information content (AvgIpc) is 3.97. The topological polar surface area (TPSA) is 215 Å². The van der Waals surface area contributed by atoms with Gasteiger partial charge in [-0.2, -0.15) is 18.4 Å². The number of carbonyl (C=O) groups is 4. The van der Waals surface area contributed by atoms with E-state index >= 15 is 0 Å². The maximum absolute atomic E-state index is 14.1. The number of anilines is 1. The van der Waals surface area contributed by atoms with Gasteiger partial charge in [-0.1, -0.05) is 72.7 Å². The Balaban J connectivity index is 0.836. The van der Waals surface area contributed by atoms with Gasteiger partial charge in [0.15, 0.2) is 11.5 Å². The van der Waals surface area contributed by atoms with Crippen molar-refractivity contribution in [3.63, 3.8) is 0 Å². The molecule has 4 aromatic rings. The number of aliphatic hydroxyl groups is 1. The fraction of sp³-hybridized carbons (Fsp3) is 0.538. The minimum absolute atomic E-state index is 0.0219. The number of halogens is 3. The van der Waals surface area contributed by atoms with Crippen LogP contribution in [0.4, 0.5) is 19.0 Å². The highest BCUT2D eigenvalue weighted by molar-refractivity contribution is 7.13. The maximum atomic E-state index is 14.1. The number of ether oxygens (including phenoxy) is 2. The molecule has 17 nitrogen and oxygen atoms in total. The first-order valence-electron chi connectivity index (χ1n) is 24.4. The van der Waals surface area contributed by atoms with Gasteiger partial charge in [0, 0.05) is 62.6 Å². The van der Waals surface area contributed by atoms with Gasteiger partial charge >= 0.3 is 6.18 Å². The van der Waals surface area contributed by atoms with Gasteiger partial charge in [0.2, 0.25) is 17.7 Å². The smallest absolute Gasteiger partial charge is 0.417 e. The van der Waals surface area contributed by atoms with E-state index < -0.39 is 87.5 Å². The predicted molar refractivity (Wildman–Crippen MR) is 267 cm³/mol. The molecule has 1 aliphatic carbocycles. The second-order valence-electron chi connectivity index (χ2n) is 21.4. The number of amides is 4. The normalized spacial score (nSPS) is 21.6. The van der Waals surface area contributed by atoms with E-state index in [1.807, 2.05) is 86.6 Å². The molecule has 3 aliphatic rings. The van der Waals surface area contributed by atoms with E-state index in [2.05, 4.69) is 40.9 Å². The van der Waals surface area contributed by atoms with Crippen molar-refractivity contribution in [2.24, 2.45) is 16.2 Å². The van der Waals surface area contributed by atoms with Gasteiger partial charge in [-0.25, -0.2) is 4.98 Å². The number of carbonyl (C=O) groups excluding carboxylic acids is 4. The molecule has 2 aromatic heterocycles. The SMILES string of the molecule is Cc1ncsc1-c1ccc([C@H](C)NC(=O)[C@@H]2C[C@@H](O)CN2C(=O)[C@@H](NC(=O)COCCN2CCN(c3ccc(C(=O)NC4C(C)(C)C(Oc5ccc(C#N)c(C(F)(F)F)c5)C4(C)C)nn3)CC2)C(C)(C)C)cc1. The molecular weight excluding hydrogens is 966 g/mol. The van der Waals surface area contributed by atoms with Crippen LogP contribution in [-0.4, -0.2) is 137 Å². The molecule has 3 fully saturated rings. The Morgan fingerprint density at radius 3 is 2.23 bits per heavy atom. The number of aromatic nitrogens is 3. The van der Waals surface area contributed by atoms with Gasteiger partial charge < -0.3 is 40.3 Å². The van der Waals surface area contributed by atoms with Crippen LogP contribution in [0.2, 0.25) is 0 Å². The van der Waals surface area contributed by atoms with Crippen molar-refractivity contribution < 1.29 is 46.9 Å². The lowest BCUT2D eigenvalue weighted by molar-refractivity contribution is -0.164. The van der Waals surface area contributed by atoms with Crippen LogP contribution < -0.4 is 25.6 Å². The number of nitrogens with one attached hydrogen (secondary N) is 3. The number of aliphatic hydroxyl groups excluding tert-OH is 1. The van der Waals surface area contributed by atoms with Gasteiger partial charge in [-0.05, 0) is 60.7 Å². The Morgan fingerprint density at radius 1 is 0.959 bits per heavy atom. The zero-order valence-corrected chi connectivity index (χ0v) is 43.5. The van der Waals surface area contributed by atoms with Crippen LogP contribution in [0, 0.1) is 34.5 Å². The largest absolute Gasteiger partial charge is 0.489 e. The summed E-state index contributed by atoms with van der Waals surface area (Å²) in [5.41, 5.74) is 1.10. The number of nitrogens with zero attached hydrogens (tertiary/aromatic N) is 7. The first-order chi connectivity index (χ1) is 34.3. The molecular formula is C52H65F3N10O7S. The van der Waals surface area contributed by atoms with E-state index in [0.717, 1.165) is 33.8 Å². The number of thiazole rings is 1. The molecule has 73 heavy (non-hydrogen) atoms. The number of rotatable bonds is 16. The Labute approximate surface area is 427 Å². The van der Waals surface area contributed by atoms with E-state index in [-0.39, 0.29) is 43.7 Å². The predicted octanol–water partition coefficient (Wildman–Crippen LogP) is 5.92. The molecule has 2 aliphatic heterocycles. The Bertz CT molecular complexity index is 2660. The molecule has 0 bridgehead atoms. The Hall–Kier alpha value is -6.21. The zero-order chi connectivity index (χ0) is 53.2. The van der Waals surface area contributed by atoms with Crippen molar-refractivity contribution in [3.05, 3.63) is 88.2 Å². The number of hydrogen-bond donors (Lipinski definition) is 4. The van der Waals surface area contributed by atoms with Gasteiger partial charge in [0.1, 0.15) is 30.5 Å². The number of piperazine rings is 1. The fourth-order valence-corrected chi connectivity index (χ4v) is 11.3. The second kappa shape index (κ2) is 21.7. The molecule has 4 N–H and O–H groups in total. The van der Waals surface area contributed by atoms with Crippen molar-refractivity contribution in [3.8, 4) is 22.3 Å². The summed E-state index contributed by atoms with van der Waals surface area (Å²) in [6.45, 7) is 19.8. The van der Waals surface area contributed by atoms with Gasteiger partial charge in [0.05, 0.1) is 52.0 Å². The first kappa shape index (κ1) is 54.6. The molecule has 2 saturated heterocycles. The highest BCUT2D eigenvalue weighted by atomic mass is 32.1. The fourth-order valence-electron chi connectivity index (χ4n) is 10.5. The third-order valence-corrected chi connectivity index (χ3v) is 15.2. The highest BCUT2D eigenvalue weighted by Gasteiger charge is 2.64. The molecule has 4 atom stereocenters. The van der Waals surface area contributed by atoms with Crippen LogP contribution in [0.1, 0.15) is 101 Å². The minimum Gasteiger partial charge on any atom is -0.489 e. The summed E-state index contributed by atoms with van der Waals surface area (Å²) in [6.07, 6.45) is -6.13. The number of benzene rings is 2. The number of alkyl halides is 3. The summed E-state index contributed by atoms with van der Waals surface area (Å²) < 4.78 is 52.7. The van der Waals surface area contributed by atoms with Gasteiger partial charge in [-0.15, -0.1) is 21.5 Å². The number of β-amino-alcohol motifs (C(OH)–C–C–N with tert-alkyl or cyclic N) is 1. The summed E-state index contributed by atoms with van der Waals surface area (Å²) in [5.74, 6) is -1.21. The molecule has 0 spiro atoms. The summed E-state index contributed by atoms with van der Waals surface area (Å²) in [5, 5.41) is 37.3. The van der Waals surface area contributed by atoms with Crippen LogP contribution in [0.15, 0.2) is 60.1 Å². The number of likely N-dealkylation sites (tertiary alicyclic amines) is 1. The van der Waals surface area contributed by atoms with Crippen LogP contribution in [0.3, 0.4) is 0 Å². The molecule has 21 heteroatoms. The first-order valence-corrected chi connectivity index (χ1v) is 25.2. The highest BCUT2D eigenvalue weighted by Crippen LogP contribution is 2.56. The average molecular weight is 1030 g/mol. The van der Waals surface area contributed by atoms with E-state index in [4.69, 9.17) is 9.47 Å². The van der Waals surface area contributed by atoms with Gasteiger partial charge in [0.25, 0.3) is 5.91 Å². The molecule has 1 saturated carbocycles. The van der Waals surface area contributed by atoms with Gasteiger partial charge in [-0.3, -0.25) is 24.1 Å². The van der Waals surface area contributed by atoms with Crippen LogP contribution in [0.5, 0.6) is 5.75 Å². The molecule has 392 valence electrons. The van der Waals surface area contributed by atoms with Crippen molar-refractivity contribution in [2.75, 3.05) is 57.4 Å². The maximum Gasteiger partial charge on any atom is 0.417 e. The molecule has 4 amide bonds.